The van der Waals surface area contributed by atoms with Gasteiger partial charge < -0.3 is 5.32 Å². The van der Waals surface area contributed by atoms with E-state index in [9.17, 15) is 0 Å². The summed E-state index contributed by atoms with van der Waals surface area (Å²) in [4.78, 5) is 4.33. The van der Waals surface area contributed by atoms with Crippen molar-refractivity contribution < 1.29 is 0 Å². The smallest absolute Gasteiger partial charge is 0.0963 e. The van der Waals surface area contributed by atoms with Crippen LogP contribution in [0.1, 0.15) is 38.8 Å². The Labute approximate surface area is 96.9 Å². The molecule has 1 aromatic rings. The third kappa shape index (κ3) is 4.22. The quantitative estimate of drug-likeness (QED) is 0.751. The van der Waals surface area contributed by atoms with E-state index in [2.05, 4.69) is 43.2 Å². The van der Waals surface area contributed by atoms with Gasteiger partial charge >= 0.3 is 0 Å². The molecule has 1 rings (SSSR count). The van der Waals surface area contributed by atoms with Gasteiger partial charge in [-0.3, -0.25) is 0 Å². The normalized spacial score (nSPS) is 12.7. The fourth-order valence-electron chi connectivity index (χ4n) is 1.40. The fourth-order valence-corrected chi connectivity index (χ4v) is 2.05. The van der Waals surface area contributed by atoms with Crippen LogP contribution in [0.5, 0.6) is 0 Å². The molecule has 0 aliphatic rings. The standard InChI is InChI=1S/C12H20N2S/c1-4-7-13-10(3)11-6-8-14-12(9-11)15-5-2/h6,8-10,13H,4-5,7H2,1-3H3. The number of thioether (sulfide) groups is 1. The first-order chi connectivity index (χ1) is 7.27. The summed E-state index contributed by atoms with van der Waals surface area (Å²) in [6.45, 7) is 7.60. The summed E-state index contributed by atoms with van der Waals surface area (Å²) in [5.41, 5.74) is 1.33. The van der Waals surface area contributed by atoms with Crippen molar-refractivity contribution >= 4 is 11.8 Å². The molecule has 2 nitrogen and oxygen atoms in total. The first kappa shape index (κ1) is 12.5. The molecular weight excluding hydrogens is 204 g/mol. The molecule has 15 heavy (non-hydrogen) atoms. The molecule has 1 unspecified atom stereocenters. The first-order valence-electron chi connectivity index (χ1n) is 5.60. The SMILES string of the molecule is CCCNC(C)c1ccnc(SCC)c1. The summed E-state index contributed by atoms with van der Waals surface area (Å²) in [5, 5.41) is 4.61. The lowest BCUT2D eigenvalue weighted by Gasteiger charge is -2.13. The molecule has 0 fully saturated rings. The Hall–Kier alpha value is -0.540. The van der Waals surface area contributed by atoms with E-state index >= 15 is 0 Å². The van der Waals surface area contributed by atoms with Gasteiger partial charge in [0, 0.05) is 12.2 Å². The molecule has 0 aliphatic carbocycles. The summed E-state index contributed by atoms with van der Waals surface area (Å²) in [6, 6.07) is 4.69. The fraction of sp³-hybridized carbons (Fsp3) is 0.583. The van der Waals surface area contributed by atoms with E-state index in [1.807, 2.05) is 6.20 Å². The van der Waals surface area contributed by atoms with Gasteiger partial charge in [-0.25, -0.2) is 4.98 Å². The van der Waals surface area contributed by atoms with Crippen LogP contribution in [0, 0.1) is 0 Å². The molecule has 0 saturated carbocycles. The Morgan fingerprint density at radius 1 is 1.47 bits per heavy atom. The highest BCUT2D eigenvalue weighted by Crippen LogP contribution is 2.19. The number of pyridine rings is 1. The summed E-state index contributed by atoms with van der Waals surface area (Å²) in [6.07, 6.45) is 3.07. The molecule has 1 atom stereocenters. The number of hydrogen-bond donors (Lipinski definition) is 1. The zero-order valence-corrected chi connectivity index (χ0v) is 10.6. The van der Waals surface area contributed by atoms with Crippen molar-refractivity contribution in [2.24, 2.45) is 0 Å². The minimum Gasteiger partial charge on any atom is -0.310 e. The molecular formula is C12H20N2S. The van der Waals surface area contributed by atoms with Crippen LogP contribution in [-0.2, 0) is 0 Å². The summed E-state index contributed by atoms with van der Waals surface area (Å²) < 4.78 is 0. The van der Waals surface area contributed by atoms with Crippen LogP contribution >= 0.6 is 11.8 Å². The predicted molar refractivity (Wildman–Crippen MR) is 67.3 cm³/mol. The maximum atomic E-state index is 4.33. The zero-order valence-electron chi connectivity index (χ0n) is 9.79. The minimum absolute atomic E-state index is 0.421. The third-order valence-electron chi connectivity index (χ3n) is 2.25. The summed E-state index contributed by atoms with van der Waals surface area (Å²) >= 11 is 1.79. The molecule has 0 aromatic carbocycles. The molecule has 0 radical (unpaired) electrons. The largest absolute Gasteiger partial charge is 0.310 e. The van der Waals surface area contributed by atoms with Gasteiger partial charge in [-0.15, -0.1) is 11.8 Å². The van der Waals surface area contributed by atoms with Gasteiger partial charge in [0.25, 0.3) is 0 Å². The highest BCUT2D eigenvalue weighted by Gasteiger charge is 2.04. The van der Waals surface area contributed by atoms with Crippen LogP contribution in [0.3, 0.4) is 0 Å². The number of nitrogens with one attached hydrogen (secondary N) is 1. The van der Waals surface area contributed by atoms with Gasteiger partial charge in [0.05, 0.1) is 5.03 Å². The van der Waals surface area contributed by atoms with E-state index in [-0.39, 0.29) is 0 Å². The monoisotopic (exact) mass is 224 g/mol. The van der Waals surface area contributed by atoms with E-state index in [1.165, 1.54) is 12.0 Å². The van der Waals surface area contributed by atoms with Crippen molar-refractivity contribution in [3.05, 3.63) is 23.9 Å². The van der Waals surface area contributed by atoms with Gasteiger partial charge in [-0.05, 0) is 43.3 Å². The van der Waals surface area contributed by atoms with Crippen molar-refractivity contribution in [1.29, 1.82) is 0 Å². The van der Waals surface area contributed by atoms with Crippen molar-refractivity contribution in [2.45, 2.75) is 38.3 Å². The average Bonchev–Trinajstić information content (AvgIpc) is 2.27. The van der Waals surface area contributed by atoms with Crippen LogP contribution < -0.4 is 5.32 Å². The highest BCUT2D eigenvalue weighted by molar-refractivity contribution is 7.99. The number of aromatic nitrogens is 1. The van der Waals surface area contributed by atoms with E-state index in [0.717, 1.165) is 17.3 Å². The highest BCUT2D eigenvalue weighted by atomic mass is 32.2. The summed E-state index contributed by atoms with van der Waals surface area (Å²) in [7, 11) is 0. The molecule has 0 saturated heterocycles. The van der Waals surface area contributed by atoms with Gasteiger partial charge in [0.1, 0.15) is 0 Å². The lowest BCUT2D eigenvalue weighted by molar-refractivity contribution is 0.569. The van der Waals surface area contributed by atoms with Gasteiger partial charge in [0.15, 0.2) is 0 Å². The minimum atomic E-state index is 0.421. The third-order valence-corrected chi connectivity index (χ3v) is 3.06. The second kappa shape index (κ2) is 6.85. The molecule has 0 bridgehead atoms. The molecule has 0 amide bonds. The number of nitrogens with zero attached hydrogens (tertiary/aromatic N) is 1. The van der Waals surface area contributed by atoms with Gasteiger partial charge in [0.2, 0.25) is 0 Å². The molecule has 1 aromatic heterocycles. The Bertz CT molecular complexity index is 289. The van der Waals surface area contributed by atoms with Gasteiger partial charge in [-0.1, -0.05) is 13.8 Å². The maximum Gasteiger partial charge on any atom is 0.0963 e. The first-order valence-corrected chi connectivity index (χ1v) is 6.58. The summed E-state index contributed by atoms with van der Waals surface area (Å²) in [5.74, 6) is 1.08. The molecule has 0 aliphatic heterocycles. The predicted octanol–water partition coefficient (Wildman–Crippen LogP) is 3.25. The Morgan fingerprint density at radius 2 is 2.27 bits per heavy atom. The van der Waals surface area contributed by atoms with E-state index in [0.29, 0.717) is 6.04 Å². The Morgan fingerprint density at radius 3 is 2.93 bits per heavy atom. The molecule has 3 heteroatoms. The average molecular weight is 224 g/mol. The van der Waals surface area contributed by atoms with Crippen LogP contribution in [0.15, 0.2) is 23.4 Å². The molecule has 1 N–H and O–H groups in total. The van der Waals surface area contributed by atoms with Crippen molar-refractivity contribution in [3.63, 3.8) is 0 Å². The molecule has 0 spiro atoms. The van der Waals surface area contributed by atoms with E-state index < -0.39 is 0 Å². The van der Waals surface area contributed by atoms with Crippen LogP contribution in [0.4, 0.5) is 0 Å². The topological polar surface area (TPSA) is 24.9 Å². The second-order valence-electron chi connectivity index (χ2n) is 3.54. The second-order valence-corrected chi connectivity index (χ2v) is 4.82. The lowest BCUT2D eigenvalue weighted by Crippen LogP contribution is -2.19. The Kier molecular flexibility index (Phi) is 5.73. The van der Waals surface area contributed by atoms with Gasteiger partial charge in [-0.2, -0.15) is 0 Å². The van der Waals surface area contributed by atoms with Crippen molar-refractivity contribution in [1.82, 2.24) is 10.3 Å². The van der Waals surface area contributed by atoms with Crippen molar-refractivity contribution in [3.8, 4) is 0 Å². The molecule has 84 valence electrons. The number of hydrogen-bond acceptors (Lipinski definition) is 3. The van der Waals surface area contributed by atoms with Crippen molar-refractivity contribution in [2.75, 3.05) is 12.3 Å². The van der Waals surface area contributed by atoms with E-state index in [1.54, 1.807) is 11.8 Å². The zero-order chi connectivity index (χ0) is 11.1. The number of rotatable bonds is 6. The molecule has 1 heterocycles. The van der Waals surface area contributed by atoms with Crippen LogP contribution in [0.25, 0.3) is 0 Å². The van der Waals surface area contributed by atoms with Crippen LogP contribution in [0.2, 0.25) is 0 Å². The van der Waals surface area contributed by atoms with Crippen LogP contribution in [-0.4, -0.2) is 17.3 Å². The maximum absolute atomic E-state index is 4.33. The Balaban J connectivity index is 2.62. The lowest BCUT2D eigenvalue weighted by atomic mass is 10.1. The van der Waals surface area contributed by atoms with E-state index in [4.69, 9.17) is 0 Å².